The maximum atomic E-state index is 9.94. The van der Waals surface area contributed by atoms with Crippen molar-refractivity contribution in [2.75, 3.05) is 0 Å². The highest BCUT2D eigenvalue weighted by Crippen LogP contribution is 2.07. The lowest BCUT2D eigenvalue weighted by molar-refractivity contribution is -0.107. The van der Waals surface area contributed by atoms with Crippen LogP contribution in [0.4, 0.5) is 0 Å². The Labute approximate surface area is 106 Å². The summed E-state index contributed by atoms with van der Waals surface area (Å²) in [5, 5.41) is 0. The van der Waals surface area contributed by atoms with Crippen LogP contribution in [-0.2, 0) is 4.79 Å². The number of carbonyl (C=O) groups excluding carboxylic acids is 1. The van der Waals surface area contributed by atoms with E-state index in [0.717, 1.165) is 19.1 Å². The van der Waals surface area contributed by atoms with Gasteiger partial charge in [0.2, 0.25) is 0 Å². The standard InChI is InChI=1S/C10H20O.C6H6/c1-2-3-4-5-6-7-8-9-10-11;1-2-4-6-5-3-1/h10H,2-9H2,1H3;1-6H. The van der Waals surface area contributed by atoms with Gasteiger partial charge in [-0.25, -0.2) is 0 Å². The third-order valence-electron chi connectivity index (χ3n) is 2.59. The molecule has 1 nitrogen and oxygen atoms in total. The van der Waals surface area contributed by atoms with Crippen molar-refractivity contribution in [3.63, 3.8) is 0 Å². The molecule has 0 aliphatic heterocycles. The largest absolute Gasteiger partial charge is 0.303 e. The van der Waals surface area contributed by atoms with Crippen molar-refractivity contribution in [1.82, 2.24) is 0 Å². The van der Waals surface area contributed by atoms with E-state index in [1.165, 1.54) is 38.5 Å². The van der Waals surface area contributed by atoms with Gasteiger partial charge in [-0.15, -0.1) is 0 Å². The molecule has 0 aromatic heterocycles. The molecule has 0 heterocycles. The Bertz CT molecular complexity index is 204. The van der Waals surface area contributed by atoms with Gasteiger partial charge in [0.1, 0.15) is 6.29 Å². The summed E-state index contributed by atoms with van der Waals surface area (Å²) >= 11 is 0. The van der Waals surface area contributed by atoms with Crippen LogP contribution in [0.2, 0.25) is 0 Å². The quantitative estimate of drug-likeness (QED) is 0.456. The highest BCUT2D eigenvalue weighted by Gasteiger charge is 1.89. The number of hydrogen-bond donors (Lipinski definition) is 0. The first-order valence-corrected chi connectivity index (χ1v) is 6.85. The van der Waals surface area contributed by atoms with Crippen LogP contribution >= 0.6 is 0 Å². The molecule has 0 aliphatic carbocycles. The number of benzene rings is 1. The van der Waals surface area contributed by atoms with Gasteiger partial charge in [-0.3, -0.25) is 0 Å². The van der Waals surface area contributed by atoms with Gasteiger partial charge in [0.15, 0.2) is 0 Å². The van der Waals surface area contributed by atoms with E-state index in [-0.39, 0.29) is 0 Å². The number of aldehydes is 1. The topological polar surface area (TPSA) is 17.1 Å². The molecule has 17 heavy (non-hydrogen) atoms. The van der Waals surface area contributed by atoms with E-state index in [0.29, 0.717) is 0 Å². The van der Waals surface area contributed by atoms with Gasteiger partial charge in [-0.2, -0.15) is 0 Å². The van der Waals surface area contributed by atoms with Crippen LogP contribution in [0, 0.1) is 0 Å². The summed E-state index contributed by atoms with van der Waals surface area (Å²) < 4.78 is 0. The van der Waals surface area contributed by atoms with E-state index < -0.39 is 0 Å². The average Bonchev–Trinajstić information content (AvgIpc) is 2.41. The Hall–Kier alpha value is -1.11. The van der Waals surface area contributed by atoms with Gasteiger partial charge in [0, 0.05) is 6.42 Å². The molecule has 0 radical (unpaired) electrons. The molecule has 1 heteroatoms. The molecule has 0 spiro atoms. The fourth-order valence-electron chi connectivity index (χ4n) is 1.57. The molecule has 0 saturated heterocycles. The van der Waals surface area contributed by atoms with Gasteiger partial charge in [0.05, 0.1) is 0 Å². The lowest BCUT2D eigenvalue weighted by Crippen LogP contribution is -1.80. The highest BCUT2D eigenvalue weighted by atomic mass is 16.1. The lowest BCUT2D eigenvalue weighted by atomic mass is 10.1. The second kappa shape index (κ2) is 14.9. The summed E-state index contributed by atoms with van der Waals surface area (Å²) in [6.07, 6.45) is 10.8. The van der Waals surface area contributed by atoms with Gasteiger partial charge in [-0.05, 0) is 6.42 Å². The Morgan fingerprint density at radius 3 is 1.53 bits per heavy atom. The molecule has 0 aliphatic rings. The predicted molar refractivity (Wildman–Crippen MR) is 75.1 cm³/mol. The van der Waals surface area contributed by atoms with Crippen LogP contribution in [-0.4, -0.2) is 6.29 Å². The zero-order valence-corrected chi connectivity index (χ0v) is 11.1. The van der Waals surface area contributed by atoms with Crippen molar-refractivity contribution in [1.29, 1.82) is 0 Å². The minimum absolute atomic E-state index is 0.758. The van der Waals surface area contributed by atoms with Crippen LogP contribution in [0.5, 0.6) is 0 Å². The fraction of sp³-hybridized carbons (Fsp3) is 0.562. The van der Waals surface area contributed by atoms with Crippen molar-refractivity contribution in [2.45, 2.75) is 58.3 Å². The summed E-state index contributed by atoms with van der Waals surface area (Å²) in [5.41, 5.74) is 0. The second-order valence-corrected chi connectivity index (χ2v) is 4.23. The maximum absolute atomic E-state index is 9.94. The number of hydrogen-bond acceptors (Lipinski definition) is 1. The molecule has 0 saturated carbocycles. The van der Waals surface area contributed by atoms with Crippen LogP contribution in [0.25, 0.3) is 0 Å². The van der Waals surface area contributed by atoms with E-state index in [2.05, 4.69) is 6.92 Å². The molecule has 1 aromatic carbocycles. The van der Waals surface area contributed by atoms with Gasteiger partial charge >= 0.3 is 0 Å². The first-order valence-electron chi connectivity index (χ1n) is 6.85. The minimum Gasteiger partial charge on any atom is -0.303 e. The third-order valence-corrected chi connectivity index (χ3v) is 2.59. The molecule has 0 amide bonds. The van der Waals surface area contributed by atoms with E-state index >= 15 is 0 Å². The van der Waals surface area contributed by atoms with E-state index in [1.807, 2.05) is 36.4 Å². The Balaban J connectivity index is 0.000000354. The molecule has 0 unspecified atom stereocenters. The van der Waals surface area contributed by atoms with Crippen LogP contribution in [0.1, 0.15) is 58.3 Å². The molecule has 0 N–H and O–H groups in total. The van der Waals surface area contributed by atoms with E-state index in [1.54, 1.807) is 0 Å². The second-order valence-electron chi connectivity index (χ2n) is 4.23. The predicted octanol–water partition coefficient (Wildman–Crippen LogP) is 5.01. The fourth-order valence-corrected chi connectivity index (χ4v) is 1.57. The molecule has 0 bridgehead atoms. The van der Waals surface area contributed by atoms with Crippen LogP contribution < -0.4 is 0 Å². The Morgan fingerprint density at radius 1 is 0.706 bits per heavy atom. The Morgan fingerprint density at radius 2 is 1.12 bits per heavy atom. The van der Waals surface area contributed by atoms with E-state index in [4.69, 9.17) is 0 Å². The molecule has 0 atom stereocenters. The summed E-state index contributed by atoms with van der Waals surface area (Å²) in [4.78, 5) is 9.94. The molecule has 0 fully saturated rings. The Kier molecular flexibility index (Phi) is 13.9. The smallest absolute Gasteiger partial charge is 0.119 e. The van der Waals surface area contributed by atoms with Crippen molar-refractivity contribution >= 4 is 6.29 Å². The van der Waals surface area contributed by atoms with Crippen molar-refractivity contribution < 1.29 is 4.79 Å². The molecule has 96 valence electrons. The average molecular weight is 234 g/mol. The summed E-state index contributed by atoms with van der Waals surface area (Å²) in [5.74, 6) is 0. The van der Waals surface area contributed by atoms with Crippen molar-refractivity contribution in [2.24, 2.45) is 0 Å². The van der Waals surface area contributed by atoms with Gasteiger partial charge in [0.25, 0.3) is 0 Å². The molecular weight excluding hydrogens is 208 g/mol. The van der Waals surface area contributed by atoms with Crippen LogP contribution in [0.15, 0.2) is 36.4 Å². The van der Waals surface area contributed by atoms with Gasteiger partial charge < -0.3 is 4.79 Å². The molecular formula is C16H26O. The number of unbranched alkanes of at least 4 members (excludes halogenated alkanes) is 7. The van der Waals surface area contributed by atoms with Gasteiger partial charge in [-0.1, -0.05) is 81.8 Å². The van der Waals surface area contributed by atoms with Crippen molar-refractivity contribution in [3.05, 3.63) is 36.4 Å². The SMILES string of the molecule is CCCCCCCCCC=O.c1ccccc1. The zero-order chi connectivity index (χ0) is 12.6. The lowest BCUT2D eigenvalue weighted by Gasteiger charge is -1.97. The van der Waals surface area contributed by atoms with Crippen LogP contribution in [0.3, 0.4) is 0 Å². The number of carbonyl (C=O) groups is 1. The first-order chi connectivity index (χ1) is 8.41. The summed E-state index contributed by atoms with van der Waals surface area (Å²) in [7, 11) is 0. The first kappa shape index (κ1) is 15.9. The normalized spacial score (nSPS) is 9.24. The maximum Gasteiger partial charge on any atom is 0.119 e. The monoisotopic (exact) mass is 234 g/mol. The highest BCUT2D eigenvalue weighted by molar-refractivity contribution is 5.48. The van der Waals surface area contributed by atoms with Crippen molar-refractivity contribution in [3.8, 4) is 0 Å². The van der Waals surface area contributed by atoms with E-state index in [9.17, 15) is 4.79 Å². The molecule has 1 aromatic rings. The molecule has 1 rings (SSSR count). The summed E-state index contributed by atoms with van der Waals surface area (Å²) in [6.45, 7) is 2.23. The minimum atomic E-state index is 0.758. The summed E-state index contributed by atoms with van der Waals surface area (Å²) in [6, 6.07) is 12.0. The zero-order valence-electron chi connectivity index (χ0n) is 11.1. The third kappa shape index (κ3) is 14.9. The number of rotatable bonds is 8.